The van der Waals surface area contributed by atoms with Crippen molar-refractivity contribution < 1.29 is 14.3 Å². The van der Waals surface area contributed by atoms with Crippen molar-refractivity contribution in [1.82, 2.24) is 5.32 Å². The number of hydrogen-bond acceptors (Lipinski definition) is 4. The van der Waals surface area contributed by atoms with Gasteiger partial charge in [-0.1, -0.05) is 6.92 Å². The Labute approximate surface area is 107 Å². The van der Waals surface area contributed by atoms with Crippen molar-refractivity contribution >= 4 is 17.6 Å². The van der Waals surface area contributed by atoms with E-state index in [-0.39, 0.29) is 17.9 Å². The van der Waals surface area contributed by atoms with Crippen LogP contribution in [0.5, 0.6) is 0 Å². The maximum absolute atomic E-state index is 11.5. The Hall–Kier alpha value is -2.04. The van der Waals surface area contributed by atoms with Crippen LogP contribution in [0.4, 0.5) is 5.69 Å². The van der Waals surface area contributed by atoms with Crippen LogP contribution < -0.4 is 10.6 Å². The van der Waals surface area contributed by atoms with Crippen molar-refractivity contribution in [3.63, 3.8) is 0 Å². The topological polar surface area (TPSA) is 67.4 Å². The van der Waals surface area contributed by atoms with Gasteiger partial charge in [0.05, 0.1) is 12.7 Å². The molecule has 0 saturated carbocycles. The summed E-state index contributed by atoms with van der Waals surface area (Å²) >= 11 is 0. The van der Waals surface area contributed by atoms with E-state index in [4.69, 9.17) is 0 Å². The van der Waals surface area contributed by atoms with Crippen molar-refractivity contribution in [1.29, 1.82) is 0 Å². The zero-order valence-corrected chi connectivity index (χ0v) is 10.8. The van der Waals surface area contributed by atoms with Crippen LogP contribution in [0, 0.1) is 0 Å². The molecule has 0 saturated heterocycles. The number of benzene rings is 1. The van der Waals surface area contributed by atoms with Gasteiger partial charge in [0.25, 0.3) is 0 Å². The van der Waals surface area contributed by atoms with Crippen molar-refractivity contribution in [3.05, 3.63) is 29.8 Å². The van der Waals surface area contributed by atoms with Crippen LogP contribution in [-0.2, 0) is 9.53 Å². The molecule has 98 valence electrons. The molecule has 18 heavy (non-hydrogen) atoms. The van der Waals surface area contributed by atoms with Crippen molar-refractivity contribution in [3.8, 4) is 0 Å². The van der Waals surface area contributed by atoms with Gasteiger partial charge in [0.15, 0.2) is 0 Å². The molecule has 2 N–H and O–H groups in total. The molecule has 0 radical (unpaired) electrons. The largest absolute Gasteiger partial charge is 0.465 e. The average Bonchev–Trinajstić information content (AvgIpc) is 2.43. The fraction of sp³-hybridized carbons (Fsp3) is 0.385. The second kappa shape index (κ2) is 6.64. The molecule has 0 spiro atoms. The minimum atomic E-state index is -0.375. The number of anilines is 1. The zero-order chi connectivity index (χ0) is 13.5. The fourth-order valence-corrected chi connectivity index (χ4v) is 1.55. The zero-order valence-electron chi connectivity index (χ0n) is 10.8. The maximum Gasteiger partial charge on any atom is 0.337 e. The Kier molecular flexibility index (Phi) is 5.17. The molecule has 0 aliphatic heterocycles. The lowest BCUT2D eigenvalue weighted by Crippen LogP contribution is -2.37. The lowest BCUT2D eigenvalue weighted by molar-refractivity contribution is -0.121. The molecule has 5 nitrogen and oxygen atoms in total. The number of esters is 1. The third-order valence-electron chi connectivity index (χ3n) is 2.62. The van der Waals surface area contributed by atoms with Gasteiger partial charge in [-0.05, 0) is 30.7 Å². The lowest BCUT2D eigenvalue weighted by atomic mass is 10.1. The van der Waals surface area contributed by atoms with Crippen molar-refractivity contribution in [2.45, 2.75) is 19.4 Å². The molecular formula is C13H18N2O3. The van der Waals surface area contributed by atoms with E-state index in [1.54, 1.807) is 31.3 Å². The highest BCUT2D eigenvalue weighted by Gasteiger charge is 2.14. The number of ether oxygens (including phenoxy) is 1. The van der Waals surface area contributed by atoms with Crippen LogP contribution in [0.1, 0.15) is 23.7 Å². The second-order valence-corrected chi connectivity index (χ2v) is 3.79. The van der Waals surface area contributed by atoms with Gasteiger partial charge in [-0.2, -0.15) is 0 Å². The minimum Gasteiger partial charge on any atom is -0.465 e. The molecule has 1 aromatic carbocycles. The Morgan fingerprint density at radius 2 is 1.89 bits per heavy atom. The van der Waals surface area contributed by atoms with Crippen LogP contribution in [0.3, 0.4) is 0 Å². The summed E-state index contributed by atoms with van der Waals surface area (Å²) in [6.45, 7) is 1.93. The van der Waals surface area contributed by atoms with E-state index in [2.05, 4.69) is 15.4 Å². The Balaban J connectivity index is 2.73. The van der Waals surface area contributed by atoms with Gasteiger partial charge in [-0.25, -0.2) is 4.79 Å². The predicted molar refractivity (Wildman–Crippen MR) is 69.5 cm³/mol. The maximum atomic E-state index is 11.5. The van der Waals surface area contributed by atoms with Gasteiger partial charge < -0.3 is 15.4 Å². The quantitative estimate of drug-likeness (QED) is 0.775. The number of likely N-dealkylation sites (N-methyl/N-ethyl adjacent to an activating group) is 1. The van der Waals surface area contributed by atoms with Gasteiger partial charge in [-0.3, -0.25) is 4.79 Å². The molecule has 1 atom stereocenters. The van der Waals surface area contributed by atoms with Crippen LogP contribution >= 0.6 is 0 Å². The number of hydrogen-bond donors (Lipinski definition) is 2. The van der Waals surface area contributed by atoms with Gasteiger partial charge in [0, 0.05) is 12.7 Å². The Morgan fingerprint density at radius 3 is 2.33 bits per heavy atom. The summed E-state index contributed by atoms with van der Waals surface area (Å²) in [5.41, 5.74) is 1.27. The first kappa shape index (κ1) is 14.0. The summed E-state index contributed by atoms with van der Waals surface area (Å²) in [5.74, 6) is -0.436. The van der Waals surface area contributed by atoms with Crippen molar-refractivity contribution in [2.24, 2.45) is 0 Å². The fourth-order valence-electron chi connectivity index (χ4n) is 1.55. The van der Waals surface area contributed by atoms with Crippen LogP contribution in [0.15, 0.2) is 24.3 Å². The number of amides is 1. The number of carbonyl (C=O) groups is 2. The molecule has 5 heteroatoms. The third-order valence-corrected chi connectivity index (χ3v) is 2.62. The van der Waals surface area contributed by atoms with E-state index in [1.165, 1.54) is 7.11 Å². The number of rotatable bonds is 5. The molecule has 0 aromatic heterocycles. The summed E-state index contributed by atoms with van der Waals surface area (Å²) in [4.78, 5) is 22.8. The SMILES string of the molecule is CCC(Nc1ccc(C(=O)OC)cc1)C(=O)NC. The molecule has 1 amide bonds. The molecule has 0 aliphatic carbocycles. The molecule has 1 rings (SSSR count). The molecule has 0 bridgehead atoms. The van der Waals surface area contributed by atoms with Crippen LogP contribution in [0.25, 0.3) is 0 Å². The normalized spacial score (nSPS) is 11.5. The highest BCUT2D eigenvalue weighted by molar-refractivity contribution is 5.90. The first-order chi connectivity index (χ1) is 8.62. The molecule has 0 fully saturated rings. The smallest absolute Gasteiger partial charge is 0.337 e. The summed E-state index contributed by atoms with van der Waals surface area (Å²) < 4.78 is 4.61. The van der Waals surface area contributed by atoms with Crippen LogP contribution in [0.2, 0.25) is 0 Å². The average molecular weight is 250 g/mol. The van der Waals surface area contributed by atoms with E-state index >= 15 is 0 Å². The molecular weight excluding hydrogens is 232 g/mol. The lowest BCUT2D eigenvalue weighted by Gasteiger charge is -2.16. The number of nitrogens with one attached hydrogen (secondary N) is 2. The molecule has 0 aliphatic rings. The van der Waals surface area contributed by atoms with Crippen LogP contribution in [-0.4, -0.2) is 32.1 Å². The number of carbonyl (C=O) groups excluding carboxylic acids is 2. The van der Waals surface area contributed by atoms with E-state index in [1.807, 2.05) is 6.92 Å². The first-order valence-electron chi connectivity index (χ1n) is 5.78. The minimum absolute atomic E-state index is 0.0606. The highest BCUT2D eigenvalue weighted by atomic mass is 16.5. The summed E-state index contributed by atoms with van der Waals surface area (Å²) in [7, 11) is 2.94. The monoisotopic (exact) mass is 250 g/mol. The van der Waals surface area contributed by atoms with E-state index in [0.717, 1.165) is 5.69 Å². The molecule has 0 heterocycles. The molecule has 1 aromatic rings. The molecule has 1 unspecified atom stereocenters. The van der Waals surface area contributed by atoms with E-state index in [9.17, 15) is 9.59 Å². The van der Waals surface area contributed by atoms with Gasteiger partial charge in [-0.15, -0.1) is 0 Å². The standard InChI is InChI=1S/C13H18N2O3/c1-4-11(12(16)14-2)15-10-7-5-9(6-8-10)13(17)18-3/h5-8,11,15H,4H2,1-3H3,(H,14,16). The Bertz CT molecular complexity index is 415. The van der Waals surface area contributed by atoms with Gasteiger partial charge in [0.1, 0.15) is 6.04 Å². The van der Waals surface area contributed by atoms with E-state index in [0.29, 0.717) is 12.0 Å². The highest BCUT2D eigenvalue weighted by Crippen LogP contribution is 2.12. The first-order valence-corrected chi connectivity index (χ1v) is 5.78. The number of methoxy groups -OCH3 is 1. The van der Waals surface area contributed by atoms with E-state index < -0.39 is 0 Å². The summed E-state index contributed by atoms with van der Waals surface area (Å²) in [6.07, 6.45) is 0.679. The summed E-state index contributed by atoms with van der Waals surface area (Å²) in [6, 6.07) is 6.53. The third kappa shape index (κ3) is 3.48. The van der Waals surface area contributed by atoms with Gasteiger partial charge >= 0.3 is 5.97 Å². The Morgan fingerprint density at radius 1 is 1.28 bits per heavy atom. The van der Waals surface area contributed by atoms with Crippen molar-refractivity contribution in [2.75, 3.05) is 19.5 Å². The van der Waals surface area contributed by atoms with Gasteiger partial charge in [0.2, 0.25) is 5.91 Å². The second-order valence-electron chi connectivity index (χ2n) is 3.79. The predicted octanol–water partition coefficient (Wildman–Crippen LogP) is 1.41. The summed E-state index contributed by atoms with van der Waals surface area (Å²) in [5, 5.41) is 5.70.